The van der Waals surface area contributed by atoms with Gasteiger partial charge in [-0.15, -0.1) is 0 Å². The SMILES string of the molecule is CNCCCCCc1cccc2cc3c(CCCCCNC)cccc3cc12. The van der Waals surface area contributed by atoms with E-state index in [1.807, 2.05) is 14.1 Å². The highest BCUT2D eigenvalue weighted by Gasteiger charge is 2.06. The van der Waals surface area contributed by atoms with Crippen molar-refractivity contribution < 1.29 is 0 Å². The second-order valence-electron chi connectivity index (χ2n) is 7.96. The highest BCUT2D eigenvalue weighted by Crippen LogP contribution is 2.29. The van der Waals surface area contributed by atoms with Crippen molar-refractivity contribution in [3.63, 3.8) is 0 Å². The third-order valence-corrected chi connectivity index (χ3v) is 5.81. The second-order valence-corrected chi connectivity index (χ2v) is 7.96. The summed E-state index contributed by atoms with van der Waals surface area (Å²) in [4.78, 5) is 0. The molecule has 3 aromatic carbocycles. The smallest absolute Gasteiger partial charge is 0.00519 e. The van der Waals surface area contributed by atoms with Gasteiger partial charge in [0.1, 0.15) is 0 Å². The Hall–Kier alpha value is -1.90. The number of nitrogens with one attached hydrogen (secondary N) is 2. The highest BCUT2D eigenvalue weighted by atomic mass is 14.8. The number of rotatable bonds is 12. The van der Waals surface area contributed by atoms with Crippen molar-refractivity contribution in [3.05, 3.63) is 59.7 Å². The van der Waals surface area contributed by atoms with Crippen LogP contribution >= 0.6 is 0 Å². The van der Waals surface area contributed by atoms with Crippen molar-refractivity contribution in [2.45, 2.75) is 51.4 Å². The molecule has 2 N–H and O–H groups in total. The van der Waals surface area contributed by atoms with E-state index in [1.54, 1.807) is 0 Å². The molecule has 0 fully saturated rings. The third kappa shape index (κ3) is 5.56. The van der Waals surface area contributed by atoms with Gasteiger partial charge >= 0.3 is 0 Å². The fraction of sp³-hybridized carbons (Fsp3) is 0.462. The summed E-state index contributed by atoms with van der Waals surface area (Å²) in [5.74, 6) is 0. The van der Waals surface area contributed by atoms with E-state index in [2.05, 4.69) is 59.2 Å². The first-order valence-electron chi connectivity index (χ1n) is 11.1. The molecule has 2 nitrogen and oxygen atoms in total. The molecule has 0 heterocycles. The van der Waals surface area contributed by atoms with E-state index in [1.165, 1.54) is 84.0 Å². The maximum absolute atomic E-state index is 3.24. The molecule has 0 atom stereocenters. The lowest BCUT2D eigenvalue weighted by Gasteiger charge is -2.11. The Morgan fingerprint density at radius 3 is 1.46 bits per heavy atom. The van der Waals surface area contributed by atoms with E-state index >= 15 is 0 Å². The number of hydrogen-bond donors (Lipinski definition) is 2. The van der Waals surface area contributed by atoms with Gasteiger partial charge in [0, 0.05) is 0 Å². The van der Waals surface area contributed by atoms with Gasteiger partial charge in [-0.2, -0.15) is 0 Å². The van der Waals surface area contributed by atoms with Gasteiger partial charge in [-0.05, 0) is 111 Å². The predicted octanol–water partition coefficient (Wildman–Crippen LogP) is 5.86. The Bertz CT molecular complexity index is 795. The standard InChI is InChI=1S/C26H36N2/c1-27-17-7-3-5-11-21-13-9-15-23-20-26-22(12-6-4-8-18-28-2)14-10-16-24(26)19-25(21)23/h9-10,13-16,19-20,27-28H,3-8,11-12,17-18H2,1-2H3. The lowest BCUT2D eigenvalue weighted by atomic mass is 9.93. The Balaban J connectivity index is 1.77. The molecule has 0 aliphatic heterocycles. The minimum Gasteiger partial charge on any atom is -0.320 e. The summed E-state index contributed by atoms with van der Waals surface area (Å²) in [5, 5.41) is 12.1. The van der Waals surface area contributed by atoms with Crippen LogP contribution in [0.3, 0.4) is 0 Å². The number of unbranched alkanes of at least 4 members (excludes halogenated alkanes) is 4. The number of fused-ring (bicyclic) bond motifs is 2. The van der Waals surface area contributed by atoms with Gasteiger partial charge in [0.05, 0.1) is 0 Å². The molecule has 0 unspecified atom stereocenters. The molecule has 3 aromatic rings. The molecule has 28 heavy (non-hydrogen) atoms. The largest absolute Gasteiger partial charge is 0.320 e. The first kappa shape index (κ1) is 20.8. The molecule has 3 rings (SSSR count). The molecule has 0 saturated heterocycles. The van der Waals surface area contributed by atoms with Crippen molar-refractivity contribution in [1.29, 1.82) is 0 Å². The summed E-state index contributed by atoms with van der Waals surface area (Å²) in [6.07, 6.45) is 10.0. The molecule has 0 amide bonds. The van der Waals surface area contributed by atoms with E-state index in [0.29, 0.717) is 0 Å². The Morgan fingerprint density at radius 2 is 1.04 bits per heavy atom. The topological polar surface area (TPSA) is 24.1 Å². The molecule has 2 heteroatoms. The fourth-order valence-corrected chi connectivity index (χ4v) is 4.20. The van der Waals surface area contributed by atoms with Gasteiger partial charge in [-0.3, -0.25) is 0 Å². The molecule has 0 saturated carbocycles. The summed E-state index contributed by atoms with van der Waals surface area (Å²) in [6.45, 7) is 2.25. The van der Waals surface area contributed by atoms with Crippen LogP contribution in [0.25, 0.3) is 21.5 Å². The van der Waals surface area contributed by atoms with Crippen LogP contribution in [0.4, 0.5) is 0 Å². The van der Waals surface area contributed by atoms with E-state index in [-0.39, 0.29) is 0 Å². The monoisotopic (exact) mass is 376 g/mol. The lowest BCUT2D eigenvalue weighted by molar-refractivity contribution is 0.643. The van der Waals surface area contributed by atoms with E-state index in [0.717, 1.165) is 13.1 Å². The van der Waals surface area contributed by atoms with Crippen LogP contribution in [0.1, 0.15) is 49.7 Å². The summed E-state index contributed by atoms with van der Waals surface area (Å²) in [7, 11) is 4.07. The van der Waals surface area contributed by atoms with Crippen molar-refractivity contribution in [2.75, 3.05) is 27.2 Å². The van der Waals surface area contributed by atoms with Crippen LogP contribution in [0.5, 0.6) is 0 Å². The van der Waals surface area contributed by atoms with Crippen LogP contribution in [0.15, 0.2) is 48.5 Å². The molecular weight excluding hydrogens is 340 g/mol. The summed E-state index contributed by atoms with van der Waals surface area (Å²) in [5.41, 5.74) is 3.00. The molecule has 0 bridgehead atoms. The molecule has 0 radical (unpaired) electrons. The third-order valence-electron chi connectivity index (χ3n) is 5.81. The van der Waals surface area contributed by atoms with Crippen LogP contribution in [0, 0.1) is 0 Å². The minimum atomic E-state index is 1.12. The van der Waals surface area contributed by atoms with Gasteiger partial charge in [0.15, 0.2) is 0 Å². The quantitative estimate of drug-likeness (QED) is 0.306. The number of aryl methyl sites for hydroxylation is 2. The van der Waals surface area contributed by atoms with Crippen molar-refractivity contribution in [3.8, 4) is 0 Å². The van der Waals surface area contributed by atoms with E-state index < -0.39 is 0 Å². The van der Waals surface area contributed by atoms with E-state index in [4.69, 9.17) is 0 Å². The first-order chi connectivity index (χ1) is 13.8. The van der Waals surface area contributed by atoms with Gasteiger partial charge < -0.3 is 10.6 Å². The molecule has 150 valence electrons. The average molecular weight is 377 g/mol. The van der Waals surface area contributed by atoms with Gasteiger partial charge in [-0.25, -0.2) is 0 Å². The lowest BCUT2D eigenvalue weighted by Crippen LogP contribution is -2.07. The zero-order valence-corrected chi connectivity index (χ0v) is 17.7. The molecule has 0 spiro atoms. The zero-order valence-electron chi connectivity index (χ0n) is 17.7. The van der Waals surface area contributed by atoms with Crippen LogP contribution in [0.2, 0.25) is 0 Å². The van der Waals surface area contributed by atoms with Crippen molar-refractivity contribution in [1.82, 2.24) is 10.6 Å². The Morgan fingerprint density at radius 1 is 0.571 bits per heavy atom. The summed E-state index contributed by atoms with van der Waals surface area (Å²) in [6, 6.07) is 18.5. The summed E-state index contributed by atoms with van der Waals surface area (Å²) >= 11 is 0. The predicted molar refractivity (Wildman–Crippen MR) is 124 cm³/mol. The first-order valence-corrected chi connectivity index (χ1v) is 11.1. The van der Waals surface area contributed by atoms with E-state index in [9.17, 15) is 0 Å². The van der Waals surface area contributed by atoms with Crippen LogP contribution in [-0.4, -0.2) is 27.2 Å². The fourth-order valence-electron chi connectivity index (χ4n) is 4.20. The Kier molecular flexibility index (Phi) is 8.32. The Labute approximate surface area is 170 Å². The maximum Gasteiger partial charge on any atom is -0.00519 e. The highest BCUT2D eigenvalue weighted by molar-refractivity contribution is 6.00. The maximum atomic E-state index is 3.24. The van der Waals surface area contributed by atoms with Gasteiger partial charge in [0.25, 0.3) is 0 Å². The van der Waals surface area contributed by atoms with Gasteiger partial charge in [-0.1, -0.05) is 49.2 Å². The van der Waals surface area contributed by atoms with Gasteiger partial charge in [0.2, 0.25) is 0 Å². The normalized spacial score (nSPS) is 11.5. The van der Waals surface area contributed by atoms with Crippen molar-refractivity contribution >= 4 is 21.5 Å². The number of hydrogen-bond acceptors (Lipinski definition) is 2. The zero-order chi connectivity index (χ0) is 19.6. The molecular formula is C26H36N2. The minimum absolute atomic E-state index is 1.12. The molecule has 0 aliphatic rings. The van der Waals surface area contributed by atoms with Crippen LogP contribution < -0.4 is 10.6 Å². The molecule has 0 aliphatic carbocycles. The van der Waals surface area contributed by atoms with Crippen LogP contribution in [-0.2, 0) is 12.8 Å². The summed E-state index contributed by atoms with van der Waals surface area (Å²) < 4.78 is 0. The van der Waals surface area contributed by atoms with Crippen molar-refractivity contribution in [2.24, 2.45) is 0 Å². The second kappa shape index (κ2) is 11.2. The molecule has 0 aromatic heterocycles. The average Bonchev–Trinajstić information content (AvgIpc) is 2.72. The number of benzene rings is 3.